The van der Waals surface area contributed by atoms with E-state index in [4.69, 9.17) is 30.2 Å². The largest absolute Gasteiger partial charge is 0.384 e. The van der Waals surface area contributed by atoms with Crippen molar-refractivity contribution in [3.05, 3.63) is 30.5 Å². The predicted octanol–water partition coefficient (Wildman–Crippen LogP) is 2.12. The molecule has 5 rings (SSSR count). The van der Waals surface area contributed by atoms with Crippen LogP contribution in [0.3, 0.4) is 0 Å². The number of morpholine rings is 2. The first-order chi connectivity index (χ1) is 15.1. The van der Waals surface area contributed by atoms with Crippen molar-refractivity contribution in [2.75, 3.05) is 55.1 Å². The summed E-state index contributed by atoms with van der Waals surface area (Å²) in [5, 5.41) is 0.936. The van der Waals surface area contributed by atoms with Crippen LogP contribution >= 0.6 is 0 Å². The molecule has 162 valence electrons. The van der Waals surface area contributed by atoms with Gasteiger partial charge in [0, 0.05) is 24.8 Å². The van der Waals surface area contributed by atoms with Crippen LogP contribution in [0.2, 0.25) is 0 Å². The molecule has 31 heavy (non-hydrogen) atoms. The van der Waals surface area contributed by atoms with E-state index in [0.29, 0.717) is 43.8 Å². The Bertz CT molecular complexity index is 1080. The van der Waals surface area contributed by atoms with Gasteiger partial charge in [0.15, 0.2) is 5.65 Å². The average Bonchev–Trinajstić information content (AvgIpc) is 2.79. The minimum Gasteiger partial charge on any atom is -0.384 e. The lowest BCUT2D eigenvalue weighted by molar-refractivity contribution is 0.0973. The number of nitrogen functional groups attached to an aromatic ring is 1. The van der Waals surface area contributed by atoms with Gasteiger partial charge in [-0.05, 0) is 38.1 Å². The second kappa shape index (κ2) is 8.24. The molecule has 0 bridgehead atoms. The van der Waals surface area contributed by atoms with E-state index >= 15 is 0 Å². The number of rotatable bonds is 3. The molecule has 2 saturated heterocycles. The number of fused-ring (bicyclic) bond motifs is 1. The lowest BCUT2D eigenvalue weighted by Gasteiger charge is -2.37. The molecule has 0 amide bonds. The van der Waals surface area contributed by atoms with Crippen LogP contribution in [-0.4, -0.2) is 71.5 Å². The van der Waals surface area contributed by atoms with Crippen LogP contribution < -0.4 is 15.5 Å². The van der Waals surface area contributed by atoms with Gasteiger partial charge in [0.1, 0.15) is 11.6 Å². The summed E-state index contributed by atoms with van der Waals surface area (Å²) in [5.74, 6) is 2.08. The van der Waals surface area contributed by atoms with Crippen molar-refractivity contribution in [3.8, 4) is 11.3 Å². The van der Waals surface area contributed by atoms with Gasteiger partial charge in [-0.1, -0.05) is 0 Å². The molecule has 0 saturated carbocycles. The molecule has 2 atom stereocenters. The monoisotopic (exact) mass is 421 g/mol. The van der Waals surface area contributed by atoms with E-state index in [1.54, 1.807) is 12.3 Å². The highest BCUT2D eigenvalue weighted by molar-refractivity contribution is 5.90. The molecule has 2 N–H and O–H groups in total. The van der Waals surface area contributed by atoms with Gasteiger partial charge in [0.2, 0.25) is 5.95 Å². The first-order valence-electron chi connectivity index (χ1n) is 10.7. The first-order valence-corrected chi connectivity index (χ1v) is 10.7. The highest BCUT2D eigenvalue weighted by Crippen LogP contribution is 2.31. The van der Waals surface area contributed by atoms with Crippen LogP contribution in [-0.2, 0) is 9.47 Å². The maximum Gasteiger partial charge on any atom is 0.229 e. The van der Waals surface area contributed by atoms with E-state index in [9.17, 15) is 0 Å². The van der Waals surface area contributed by atoms with Crippen LogP contribution in [0, 0.1) is 0 Å². The topological polar surface area (TPSA) is 103 Å². The molecule has 2 unspecified atom stereocenters. The highest BCUT2D eigenvalue weighted by Gasteiger charge is 2.27. The molecular weight excluding hydrogens is 394 g/mol. The summed E-state index contributed by atoms with van der Waals surface area (Å²) in [6, 6.07) is 8.17. The Hall–Kier alpha value is -3.04. The average molecular weight is 422 g/mol. The number of hydrogen-bond acceptors (Lipinski definition) is 9. The van der Waals surface area contributed by atoms with E-state index in [1.165, 1.54) is 0 Å². The molecule has 2 aliphatic heterocycles. The standard InChI is InChI=1S/C22H27N7O2/c1-14-12-30-9-7-28(14)21-17-4-5-18(16-3-6-19(23)24-11-16)25-20(17)26-22(27-21)29-8-10-31-13-15(29)2/h3-6,11,14-15H,7-10,12-13H2,1-2H3,(H2,23,24). The van der Waals surface area contributed by atoms with Gasteiger partial charge in [-0.15, -0.1) is 0 Å². The summed E-state index contributed by atoms with van der Waals surface area (Å²) < 4.78 is 11.3. The van der Waals surface area contributed by atoms with E-state index in [-0.39, 0.29) is 12.1 Å². The van der Waals surface area contributed by atoms with Gasteiger partial charge >= 0.3 is 0 Å². The Morgan fingerprint density at radius 2 is 1.65 bits per heavy atom. The molecule has 0 spiro atoms. The van der Waals surface area contributed by atoms with Crippen molar-refractivity contribution >= 4 is 28.6 Å². The molecule has 3 aromatic rings. The molecular formula is C22H27N7O2. The molecule has 9 heteroatoms. The number of nitrogens with zero attached hydrogens (tertiary/aromatic N) is 6. The number of aromatic nitrogens is 4. The highest BCUT2D eigenvalue weighted by atomic mass is 16.5. The lowest BCUT2D eigenvalue weighted by Crippen LogP contribution is -2.46. The molecule has 0 radical (unpaired) electrons. The van der Waals surface area contributed by atoms with Gasteiger partial charge in [0.25, 0.3) is 0 Å². The summed E-state index contributed by atoms with van der Waals surface area (Å²) in [7, 11) is 0. The lowest BCUT2D eigenvalue weighted by atomic mass is 10.1. The van der Waals surface area contributed by atoms with Crippen molar-refractivity contribution in [1.82, 2.24) is 19.9 Å². The van der Waals surface area contributed by atoms with Crippen molar-refractivity contribution in [2.45, 2.75) is 25.9 Å². The van der Waals surface area contributed by atoms with E-state index in [0.717, 1.165) is 35.6 Å². The Labute approximate surface area is 181 Å². The van der Waals surface area contributed by atoms with E-state index in [1.807, 2.05) is 12.1 Å². The van der Waals surface area contributed by atoms with Gasteiger partial charge in [-0.3, -0.25) is 0 Å². The molecule has 5 heterocycles. The summed E-state index contributed by atoms with van der Waals surface area (Å²) >= 11 is 0. The molecule has 0 aromatic carbocycles. The quantitative estimate of drug-likeness (QED) is 0.681. The molecule has 3 aromatic heterocycles. The van der Waals surface area contributed by atoms with Crippen LogP contribution in [0.5, 0.6) is 0 Å². The van der Waals surface area contributed by atoms with Crippen LogP contribution in [0.1, 0.15) is 13.8 Å². The van der Waals surface area contributed by atoms with E-state index < -0.39 is 0 Å². The smallest absolute Gasteiger partial charge is 0.229 e. The van der Waals surface area contributed by atoms with Crippen LogP contribution in [0.15, 0.2) is 30.5 Å². The maximum absolute atomic E-state index is 5.74. The normalized spacial score (nSPS) is 22.1. The third kappa shape index (κ3) is 3.86. The van der Waals surface area contributed by atoms with Crippen molar-refractivity contribution < 1.29 is 9.47 Å². The summed E-state index contributed by atoms with van der Waals surface area (Å²) in [4.78, 5) is 23.5. The van der Waals surface area contributed by atoms with Crippen LogP contribution in [0.4, 0.5) is 17.6 Å². The second-order valence-corrected chi connectivity index (χ2v) is 8.12. The zero-order valence-electron chi connectivity index (χ0n) is 17.9. The van der Waals surface area contributed by atoms with E-state index in [2.05, 4.69) is 34.7 Å². The summed E-state index contributed by atoms with van der Waals surface area (Å²) in [6.07, 6.45) is 1.74. The number of hydrogen-bond donors (Lipinski definition) is 1. The first kappa shape index (κ1) is 19.9. The van der Waals surface area contributed by atoms with Crippen molar-refractivity contribution in [1.29, 1.82) is 0 Å². The summed E-state index contributed by atoms with van der Waals surface area (Å²) in [5.41, 5.74) is 8.12. The Kier molecular flexibility index (Phi) is 5.29. The van der Waals surface area contributed by atoms with Crippen molar-refractivity contribution in [3.63, 3.8) is 0 Å². The van der Waals surface area contributed by atoms with Crippen molar-refractivity contribution in [2.24, 2.45) is 0 Å². The minimum absolute atomic E-state index is 0.200. The minimum atomic E-state index is 0.200. The fourth-order valence-electron chi connectivity index (χ4n) is 4.11. The van der Waals surface area contributed by atoms with Gasteiger partial charge in [-0.2, -0.15) is 9.97 Å². The number of anilines is 3. The number of pyridine rings is 2. The summed E-state index contributed by atoms with van der Waals surface area (Å²) in [6.45, 7) is 8.52. The fraction of sp³-hybridized carbons (Fsp3) is 0.455. The Morgan fingerprint density at radius 1 is 0.903 bits per heavy atom. The van der Waals surface area contributed by atoms with Gasteiger partial charge < -0.3 is 25.0 Å². The number of ether oxygens (including phenoxy) is 2. The zero-order chi connectivity index (χ0) is 21.4. The number of nitrogens with two attached hydrogens (primary N) is 1. The third-order valence-corrected chi connectivity index (χ3v) is 5.87. The third-order valence-electron chi connectivity index (χ3n) is 5.87. The Morgan fingerprint density at radius 3 is 2.32 bits per heavy atom. The second-order valence-electron chi connectivity index (χ2n) is 8.12. The molecule has 9 nitrogen and oxygen atoms in total. The maximum atomic E-state index is 5.74. The predicted molar refractivity (Wildman–Crippen MR) is 120 cm³/mol. The zero-order valence-corrected chi connectivity index (χ0v) is 17.9. The van der Waals surface area contributed by atoms with Crippen LogP contribution in [0.25, 0.3) is 22.3 Å². The Balaban J connectivity index is 1.65. The SMILES string of the molecule is CC1COCCN1c1nc(N2CCOCC2C)c2ccc(-c3ccc(N)nc3)nc2n1. The molecule has 2 fully saturated rings. The fourth-order valence-corrected chi connectivity index (χ4v) is 4.11. The van der Waals surface area contributed by atoms with Gasteiger partial charge in [0.05, 0.1) is 49.6 Å². The molecule has 0 aliphatic carbocycles. The molecule has 2 aliphatic rings. The van der Waals surface area contributed by atoms with Gasteiger partial charge in [-0.25, -0.2) is 9.97 Å².